The van der Waals surface area contributed by atoms with Crippen LogP contribution in [0.3, 0.4) is 0 Å². The molecule has 244 valence electrons. The highest BCUT2D eigenvalue weighted by Gasteiger charge is 2.19. The van der Waals surface area contributed by atoms with E-state index in [2.05, 4.69) is 27.7 Å². The van der Waals surface area contributed by atoms with Crippen molar-refractivity contribution in [2.45, 2.75) is 130 Å². The molecule has 0 saturated carbocycles. The summed E-state index contributed by atoms with van der Waals surface area (Å²) in [4.78, 5) is 0. The molecule has 2 N–H and O–H groups in total. The van der Waals surface area contributed by atoms with Crippen LogP contribution in [0.5, 0.6) is 46.0 Å². The fourth-order valence-corrected chi connectivity index (χ4v) is 4.64. The summed E-state index contributed by atoms with van der Waals surface area (Å²) in [7, 11) is 0. The molecule has 0 aromatic heterocycles. The molecule has 0 spiro atoms. The van der Waals surface area contributed by atoms with Crippen LogP contribution in [0.2, 0.25) is 0 Å². The Balaban J connectivity index is 2.33. The molecule has 0 amide bonds. The number of unbranched alkanes of at least 4 members (excludes halogenated alkanes) is 12. The van der Waals surface area contributed by atoms with Crippen LogP contribution in [0.1, 0.15) is 130 Å². The van der Waals surface area contributed by atoms with Crippen LogP contribution in [0, 0.1) is 0 Å². The molecule has 0 heterocycles. The Bertz CT molecular complexity index is 928. The van der Waals surface area contributed by atoms with Gasteiger partial charge in [-0.05, 0) is 25.7 Å². The largest absolute Gasteiger partial charge is 0.504 e. The summed E-state index contributed by atoms with van der Waals surface area (Å²) >= 11 is 0. The molecule has 2 rings (SSSR count). The number of benzene rings is 2. The number of hydrogen-bond acceptors (Lipinski definition) is 7. The van der Waals surface area contributed by atoms with Gasteiger partial charge >= 0.3 is 0 Å². The standard InChI is InChI=1S/C36H58O7/c1-5-9-13-17-21-39-31-27-35(33(25-29(31)37)41-23-19-15-11-7-3)43-36-28-32(40-22-18-14-10-6-2)30(38)26-34(36)42-24-20-16-12-8-4/h25-28,37-38H,5-24H2,1-4H3. The first-order valence-electron chi connectivity index (χ1n) is 17.0. The van der Waals surface area contributed by atoms with Gasteiger partial charge in [-0.3, -0.25) is 0 Å². The third-order valence-electron chi connectivity index (χ3n) is 7.29. The molecule has 0 saturated heterocycles. The van der Waals surface area contributed by atoms with Crippen LogP contribution < -0.4 is 23.7 Å². The van der Waals surface area contributed by atoms with Gasteiger partial charge in [0.25, 0.3) is 0 Å². The van der Waals surface area contributed by atoms with Crippen molar-refractivity contribution in [1.82, 2.24) is 0 Å². The van der Waals surface area contributed by atoms with Crippen molar-refractivity contribution < 1.29 is 33.9 Å². The normalized spacial score (nSPS) is 11.0. The third kappa shape index (κ3) is 14.4. The van der Waals surface area contributed by atoms with E-state index < -0.39 is 0 Å². The fourth-order valence-electron chi connectivity index (χ4n) is 4.64. The van der Waals surface area contributed by atoms with E-state index in [4.69, 9.17) is 23.7 Å². The molecule has 2 aromatic rings. The van der Waals surface area contributed by atoms with Gasteiger partial charge in [0.2, 0.25) is 0 Å². The number of hydrogen-bond donors (Lipinski definition) is 2. The number of ether oxygens (including phenoxy) is 5. The van der Waals surface area contributed by atoms with Crippen LogP contribution in [0.25, 0.3) is 0 Å². The molecular formula is C36H58O7. The van der Waals surface area contributed by atoms with E-state index in [9.17, 15) is 10.2 Å². The first-order chi connectivity index (χ1) is 21.0. The highest BCUT2D eigenvalue weighted by molar-refractivity contribution is 5.59. The van der Waals surface area contributed by atoms with Gasteiger partial charge in [0.15, 0.2) is 46.0 Å². The average molecular weight is 603 g/mol. The number of rotatable bonds is 26. The predicted molar refractivity (Wildman–Crippen MR) is 175 cm³/mol. The van der Waals surface area contributed by atoms with Gasteiger partial charge < -0.3 is 33.9 Å². The van der Waals surface area contributed by atoms with Crippen LogP contribution >= 0.6 is 0 Å². The van der Waals surface area contributed by atoms with Gasteiger partial charge in [-0.2, -0.15) is 0 Å². The Hall–Kier alpha value is -2.96. The Morgan fingerprint density at radius 1 is 0.372 bits per heavy atom. The van der Waals surface area contributed by atoms with E-state index in [0.717, 1.165) is 103 Å². The molecule has 2 aromatic carbocycles. The fraction of sp³-hybridized carbons (Fsp3) is 0.667. The van der Waals surface area contributed by atoms with Crippen molar-refractivity contribution in [3.63, 3.8) is 0 Å². The molecular weight excluding hydrogens is 544 g/mol. The van der Waals surface area contributed by atoms with Crippen LogP contribution in [0.4, 0.5) is 0 Å². The minimum atomic E-state index is 0.0144. The monoisotopic (exact) mass is 602 g/mol. The third-order valence-corrected chi connectivity index (χ3v) is 7.29. The van der Waals surface area contributed by atoms with Crippen LogP contribution in [-0.2, 0) is 0 Å². The topological polar surface area (TPSA) is 86.6 Å². The molecule has 0 aliphatic carbocycles. The van der Waals surface area contributed by atoms with E-state index in [1.54, 1.807) is 24.3 Å². The van der Waals surface area contributed by atoms with Gasteiger partial charge in [-0.25, -0.2) is 0 Å². The summed E-state index contributed by atoms with van der Waals surface area (Å²) in [6, 6.07) is 6.49. The Labute approximate surface area is 260 Å². The summed E-state index contributed by atoms with van der Waals surface area (Å²) in [6.45, 7) is 10.7. The molecule has 7 nitrogen and oxygen atoms in total. The zero-order valence-electron chi connectivity index (χ0n) is 27.4. The quantitative estimate of drug-likeness (QED) is 0.104. The number of aromatic hydroxyl groups is 2. The SMILES string of the molecule is CCCCCCOc1cc(Oc2cc(OCCCCCC)c(O)cc2OCCCCCC)c(OCCCCCC)cc1O. The lowest BCUT2D eigenvalue weighted by Gasteiger charge is -2.19. The van der Waals surface area contributed by atoms with E-state index in [1.807, 2.05) is 0 Å². The molecule has 43 heavy (non-hydrogen) atoms. The van der Waals surface area contributed by atoms with E-state index in [-0.39, 0.29) is 11.5 Å². The van der Waals surface area contributed by atoms with Gasteiger partial charge in [0, 0.05) is 24.3 Å². The van der Waals surface area contributed by atoms with Crippen LogP contribution in [-0.4, -0.2) is 36.6 Å². The van der Waals surface area contributed by atoms with Gasteiger partial charge in [-0.1, -0.05) is 105 Å². The molecule has 0 unspecified atom stereocenters. The van der Waals surface area contributed by atoms with Crippen molar-refractivity contribution in [1.29, 1.82) is 0 Å². The van der Waals surface area contributed by atoms with Crippen molar-refractivity contribution >= 4 is 0 Å². The average Bonchev–Trinajstić information content (AvgIpc) is 3.00. The zero-order chi connectivity index (χ0) is 31.1. The summed E-state index contributed by atoms with van der Waals surface area (Å²) in [6.07, 6.45) is 17.1. The highest BCUT2D eigenvalue weighted by atomic mass is 16.5. The summed E-state index contributed by atoms with van der Waals surface area (Å²) < 4.78 is 30.6. The molecule has 0 atom stereocenters. The smallest absolute Gasteiger partial charge is 0.173 e. The molecule has 0 fully saturated rings. The van der Waals surface area contributed by atoms with Gasteiger partial charge in [0.1, 0.15) is 0 Å². The molecule has 0 aliphatic rings. The van der Waals surface area contributed by atoms with Crippen molar-refractivity contribution in [3.05, 3.63) is 24.3 Å². The minimum absolute atomic E-state index is 0.0144. The van der Waals surface area contributed by atoms with Crippen molar-refractivity contribution in [3.8, 4) is 46.0 Å². The van der Waals surface area contributed by atoms with Crippen LogP contribution in [0.15, 0.2) is 24.3 Å². The zero-order valence-corrected chi connectivity index (χ0v) is 27.4. The lowest BCUT2D eigenvalue weighted by molar-refractivity contribution is 0.264. The van der Waals surface area contributed by atoms with E-state index in [0.29, 0.717) is 60.9 Å². The second-order valence-electron chi connectivity index (χ2n) is 11.3. The summed E-state index contributed by atoms with van der Waals surface area (Å²) in [5.41, 5.74) is 0. The first kappa shape index (κ1) is 36.2. The second kappa shape index (κ2) is 22.6. The number of phenolic OH excluding ortho intramolecular Hbond substituents is 2. The highest BCUT2D eigenvalue weighted by Crippen LogP contribution is 2.46. The molecule has 0 aliphatic heterocycles. The van der Waals surface area contributed by atoms with E-state index in [1.165, 1.54) is 0 Å². The minimum Gasteiger partial charge on any atom is -0.504 e. The van der Waals surface area contributed by atoms with Crippen molar-refractivity contribution in [2.24, 2.45) is 0 Å². The number of phenols is 2. The Morgan fingerprint density at radius 3 is 0.977 bits per heavy atom. The summed E-state index contributed by atoms with van der Waals surface area (Å²) in [5.74, 6) is 2.39. The predicted octanol–water partition coefficient (Wildman–Crippen LogP) is 10.7. The first-order valence-corrected chi connectivity index (χ1v) is 17.0. The maximum absolute atomic E-state index is 10.8. The maximum Gasteiger partial charge on any atom is 0.173 e. The van der Waals surface area contributed by atoms with Gasteiger partial charge in [-0.15, -0.1) is 0 Å². The lowest BCUT2D eigenvalue weighted by Crippen LogP contribution is -2.04. The van der Waals surface area contributed by atoms with Crippen molar-refractivity contribution in [2.75, 3.05) is 26.4 Å². The molecule has 0 radical (unpaired) electrons. The lowest BCUT2D eigenvalue weighted by atomic mass is 10.2. The summed E-state index contributed by atoms with van der Waals surface area (Å²) in [5, 5.41) is 21.5. The second-order valence-corrected chi connectivity index (χ2v) is 11.3. The van der Waals surface area contributed by atoms with E-state index >= 15 is 0 Å². The van der Waals surface area contributed by atoms with Gasteiger partial charge in [0.05, 0.1) is 26.4 Å². The maximum atomic E-state index is 10.8. The Morgan fingerprint density at radius 2 is 0.674 bits per heavy atom. The Kier molecular flexibility index (Phi) is 19.0. The molecule has 0 bridgehead atoms. The molecule has 7 heteroatoms.